The molecule has 0 atom stereocenters. The number of anilines is 1. The Bertz CT molecular complexity index is 627. The van der Waals surface area contributed by atoms with Gasteiger partial charge in [0, 0.05) is 18.1 Å². The van der Waals surface area contributed by atoms with Gasteiger partial charge in [0.15, 0.2) is 0 Å². The van der Waals surface area contributed by atoms with Crippen LogP contribution in [0, 0.1) is 5.82 Å². The molecule has 0 aliphatic heterocycles. The quantitative estimate of drug-likeness (QED) is 0.927. The Labute approximate surface area is 108 Å². The molecule has 1 heterocycles. The average Bonchev–Trinajstić information content (AvgIpc) is 2.36. The van der Waals surface area contributed by atoms with Crippen LogP contribution in [0.2, 0.25) is 5.02 Å². The maximum Gasteiger partial charge on any atom is 0.269 e. The van der Waals surface area contributed by atoms with Crippen molar-refractivity contribution in [3.63, 3.8) is 0 Å². The summed E-state index contributed by atoms with van der Waals surface area (Å²) in [5, 5.41) is 7.20. The molecular weight excluding hydrogens is 257 g/mol. The van der Waals surface area contributed by atoms with Crippen LogP contribution in [0.4, 0.5) is 10.1 Å². The lowest BCUT2D eigenvalue weighted by Gasteiger charge is -2.07. The summed E-state index contributed by atoms with van der Waals surface area (Å²) in [4.78, 5) is 11.7. The van der Waals surface area contributed by atoms with Crippen LogP contribution in [-0.2, 0) is 6.54 Å². The van der Waals surface area contributed by atoms with E-state index in [1.165, 1.54) is 35.1 Å². The van der Waals surface area contributed by atoms with E-state index in [1.54, 1.807) is 7.05 Å². The average molecular weight is 268 g/mol. The van der Waals surface area contributed by atoms with Gasteiger partial charge >= 0.3 is 0 Å². The minimum Gasteiger partial charge on any atom is -0.387 e. The molecule has 0 saturated carbocycles. The number of hydrogen-bond donors (Lipinski definition) is 1. The van der Waals surface area contributed by atoms with Crippen molar-refractivity contribution in [2.75, 3.05) is 12.4 Å². The third-order valence-electron chi connectivity index (χ3n) is 2.49. The summed E-state index contributed by atoms with van der Waals surface area (Å²) in [5.41, 5.74) is 0.868. The lowest BCUT2D eigenvalue weighted by Crippen LogP contribution is -2.23. The zero-order valence-electron chi connectivity index (χ0n) is 9.65. The highest BCUT2D eigenvalue weighted by Crippen LogP contribution is 2.17. The van der Waals surface area contributed by atoms with Crippen LogP contribution < -0.4 is 10.9 Å². The van der Waals surface area contributed by atoms with Crippen molar-refractivity contribution in [3.8, 4) is 0 Å². The Morgan fingerprint density at radius 1 is 1.44 bits per heavy atom. The van der Waals surface area contributed by atoms with E-state index in [0.717, 1.165) is 0 Å². The maximum atomic E-state index is 13.1. The SMILES string of the molecule is CNc1cnn(Cc2cc(F)ccc2Cl)c(=O)c1. The van der Waals surface area contributed by atoms with Gasteiger partial charge in [-0.25, -0.2) is 9.07 Å². The Kier molecular flexibility index (Phi) is 3.62. The molecule has 1 aromatic heterocycles. The molecule has 94 valence electrons. The van der Waals surface area contributed by atoms with E-state index < -0.39 is 5.82 Å². The fraction of sp³-hybridized carbons (Fsp3) is 0.167. The summed E-state index contributed by atoms with van der Waals surface area (Å²) < 4.78 is 14.3. The zero-order valence-corrected chi connectivity index (χ0v) is 10.4. The molecule has 0 saturated heterocycles. The molecule has 0 spiro atoms. The van der Waals surface area contributed by atoms with Crippen LogP contribution in [0.25, 0.3) is 0 Å². The second-order valence-electron chi connectivity index (χ2n) is 3.73. The van der Waals surface area contributed by atoms with Gasteiger partial charge < -0.3 is 5.32 Å². The van der Waals surface area contributed by atoms with Gasteiger partial charge in [-0.2, -0.15) is 5.10 Å². The molecule has 2 aromatic rings. The molecule has 1 N–H and O–H groups in total. The first-order chi connectivity index (χ1) is 8.60. The Balaban J connectivity index is 2.34. The summed E-state index contributed by atoms with van der Waals surface area (Å²) in [6.07, 6.45) is 1.52. The second-order valence-corrected chi connectivity index (χ2v) is 4.13. The summed E-state index contributed by atoms with van der Waals surface area (Å²) in [7, 11) is 1.70. The second kappa shape index (κ2) is 5.18. The van der Waals surface area contributed by atoms with Crippen LogP contribution in [0.5, 0.6) is 0 Å². The molecule has 1 aromatic carbocycles. The predicted octanol–water partition coefficient (Wildman–Crippen LogP) is 2.13. The third kappa shape index (κ3) is 2.68. The van der Waals surface area contributed by atoms with Crippen LogP contribution in [0.15, 0.2) is 35.3 Å². The standard InChI is InChI=1S/C12H11ClFN3O/c1-15-10-5-12(18)17(16-6-10)7-8-4-9(14)2-3-11(8)13/h2-6,15H,7H2,1H3. The van der Waals surface area contributed by atoms with Crippen molar-refractivity contribution in [2.45, 2.75) is 6.54 Å². The Morgan fingerprint density at radius 2 is 2.22 bits per heavy atom. The summed E-state index contributed by atoms with van der Waals surface area (Å²) in [6.45, 7) is 0.138. The first-order valence-corrected chi connectivity index (χ1v) is 5.67. The molecule has 2 rings (SSSR count). The molecule has 0 amide bonds. The van der Waals surface area contributed by atoms with E-state index in [1.807, 2.05) is 0 Å². The van der Waals surface area contributed by atoms with Crippen molar-refractivity contribution >= 4 is 17.3 Å². The lowest BCUT2D eigenvalue weighted by atomic mass is 10.2. The van der Waals surface area contributed by atoms with Crippen molar-refractivity contribution in [2.24, 2.45) is 0 Å². The van der Waals surface area contributed by atoms with Gasteiger partial charge in [-0.05, 0) is 23.8 Å². The molecule has 0 bridgehead atoms. The van der Waals surface area contributed by atoms with E-state index in [4.69, 9.17) is 11.6 Å². The predicted molar refractivity (Wildman–Crippen MR) is 68.6 cm³/mol. The van der Waals surface area contributed by atoms with Gasteiger partial charge in [-0.1, -0.05) is 11.6 Å². The topological polar surface area (TPSA) is 46.9 Å². The zero-order chi connectivity index (χ0) is 13.1. The van der Waals surface area contributed by atoms with Crippen LogP contribution in [-0.4, -0.2) is 16.8 Å². The smallest absolute Gasteiger partial charge is 0.269 e. The third-order valence-corrected chi connectivity index (χ3v) is 2.85. The van der Waals surface area contributed by atoms with Crippen molar-refractivity contribution < 1.29 is 4.39 Å². The first-order valence-electron chi connectivity index (χ1n) is 5.29. The van der Waals surface area contributed by atoms with E-state index in [9.17, 15) is 9.18 Å². The molecule has 0 aliphatic carbocycles. The number of halogens is 2. The van der Waals surface area contributed by atoms with Crippen molar-refractivity contribution in [1.82, 2.24) is 9.78 Å². The number of nitrogens with zero attached hydrogens (tertiary/aromatic N) is 2. The maximum absolute atomic E-state index is 13.1. The fourth-order valence-corrected chi connectivity index (χ4v) is 1.69. The van der Waals surface area contributed by atoms with Crippen LogP contribution in [0.1, 0.15) is 5.56 Å². The highest BCUT2D eigenvalue weighted by molar-refractivity contribution is 6.31. The number of aromatic nitrogens is 2. The normalized spacial score (nSPS) is 10.4. The monoisotopic (exact) mass is 267 g/mol. The minimum absolute atomic E-state index is 0.138. The van der Waals surface area contributed by atoms with Crippen LogP contribution >= 0.6 is 11.6 Å². The molecule has 0 unspecified atom stereocenters. The van der Waals surface area contributed by atoms with Gasteiger partial charge in [0.25, 0.3) is 5.56 Å². The van der Waals surface area contributed by atoms with E-state index in [2.05, 4.69) is 10.4 Å². The summed E-state index contributed by atoms with van der Waals surface area (Å²) in [6, 6.07) is 5.44. The number of hydrogen-bond acceptors (Lipinski definition) is 3. The number of rotatable bonds is 3. The molecule has 18 heavy (non-hydrogen) atoms. The number of nitrogens with one attached hydrogen (secondary N) is 1. The molecular formula is C12H11ClFN3O. The minimum atomic E-state index is -0.394. The molecule has 0 fully saturated rings. The number of benzene rings is 1. The lowest BCUT2D eigenvalue weighted by molar-refractivity contribution is 0.611. The van der Waals surface area contributed by atoms with Gasteiger partial charge in [0.05, 0.1) is 18.4 Å². The van der Waals surface area contributed by atoms with E-state index >= 15 is 0 Å². The summed E-state index contributed by atoms with van der Waals surface area (Å²) >= 11 is 5.93. The van der Waals surface area contributed by atoms with Gasteiger partial charge in [-0.15, -0.1) is 0 Å². The van der Waals surface area contributed by atoms with Gasteiger partial charge in [0.2, 0.25) is 0 Å². The summed E-state index contributed by atoms with van der Waals surface area (Å²) in [5.74, 6) is -0.394. The Hall–Kier alpha value is -1.88. The largest absolute Gasteiger partial charge is 0.387 e. The van der Waals surface area contributed by atoms with Gasteiger partial charge in [0.1, 0.15) is 5.82 Å². The van der Waals surface area contributed by atoms with E-state index in [0.29, 0.717) is 16.3 Å². The molecule has 0 radical (unpaired) electrons. The van der Waals surface area contributed by atoms with E-state index in [-0.39, 0.29) is 12.1 Å². The molecule has 0 aliphatic rings. The Morgan fingerprint density at radius 3 is 2.89 bits per heavy atom. The molecule has 4 nitrogen and oxygen atoms in total. The van der Waals surface area contributed by atoms with Crippen molar-refractivity contribution in [3.05, 3.63) is 57.2 Å². The highest BCUT2D eigenvalue weighted by atomic mass is 35.5. The van der Waals surface area contributed by atoms with Crippen LogP contribution in [0.3, 0.4) is 0 Å². The fourth-order valence-electron chi connectivity index (χ4n) is 1.51. The first kappa shape index (κ1) is 12.6. The van der Waals surface area contributed by atoms with Crippen molar-refractivity contribution in [1.29, 1.82) is 0 Å². The molecule has 6 heteroatoms. The van der Waals surface area contributed by atoms with Gasteiger partial charge in [-0.3, -0.25) is 4.79 Å². The highest BCUT2D eigenvalue weighted by Gasteiger charge is 2.05.